The highest BCUT2D eigenvalue weighted by molar-refractivity contribution is 7.89. The second-order valence-corrected chi connectivity index (χ2v) is 7.73. The highest BCUT2D eigenvalue weighted by Crippen LogP contribution is 2.33. The first kappa shape index (κ1) is 19.0. The van der Waals surface area contributed by atoms with Crippen molar-refractivity contribution in [1.29, 1.82) is 0 Å². The van der Waals surface area contributed by atoms with Crippen LogP contribution < -0.4 is 9.46 Å². The zero-order valence-corrected chi connectivity index (χ0v) is 15.2. The summed E-state index contributed by atoms with van der Waals surface area (Å²) in [4.78, 5) is 15.9. The van der Waals surface area contributed by atoms with Crippen LogP contribution >= 0.6 is 11.6 Å². The summed E-state index contributed by atoms with van der Waals surface area (Å²) in [7, 11) is -3.93. The van der Waals surface area contributed by atoms with E-state index in [0.29, 0.717) is 34.3 Å². The number of fused-ring (bicyclic) bond motifs is 1. The van der Waals surface area contributed by atoms with Gasteiger partial charge in [0.25, 0.3) is 5.91 Å². The number of aromatic nitrogens is 1. The van der Waals surface area contributed by atoms with Gasteiger partial charge in [-0.1, -0.05) is 17.7 Å². The number of carbonyl (C=O) groups is 1. The van der Waals surface area contributed by atoms with Crippen molar-refractivity contribution in [3.63, 3.8) is 0 Å². The van der Waals surface area contributed by atoms with Crippen molar-refractivity contribution >= 4 is 38.4 Å². The molecule has 27 heavy (non-hydrogen) atoms. The summed E-state index contributed by atoms with van der Waals surface area (Å²) in [6.45, 7) is 0. The molecule has 0 unspecified atom stereocenters. The third kappa shape index (κ3) is 4.32. The number of nitrogens with zero attached hydrogens (tertiary/aromatic N) is 1. The van der Waals surface area contributed by atoms with Gasteiger partial charge in [0, 0.05) is 28.7 Å². The van der Waals surface area contributed by atoms with Crippen LogP contribution in [0.15, 0.2) is 42.6 Å². The largest absolute Gasteiger partial charge is 0.452 e. The third-order valence-corrected chi connectivity index (χ3v) is 4.17. The molecule has 1 heterocycles. The Labute approximate surface area is 157 Å². The number of ether oxygens (including phenoxy) is 1. The first-order valence-electron chi connectivity index (χ1n) is 7.37. The van der Waals surface area contributed by atoms with Gasteiger partial charge < -0.3 is 4.74 Å². The van der Waals surface area contributed by atoms with Gasteiger partial charge >= 0.3 is 0 Å². The molecule has 2 aromatic carbocycles. The summed E-state index contributed by atoms with van der Waals surface area (Å²) >= 11 is 6.00. The molecular formula is C17H11ClF2N2O4S. The van der Waals surface area contributed by atoms with Crippen LogP contribution in [0.2, 0.25) is 5.02 Å². The van der Waals surface area contributed by atoms with E-state index in [0.717, 1.165) is 0 Å². The fraction of sp³-hybridized carbons (Fsp3) is 0.0588. The minimum atomic E-state index is -3.93. The normalized spacial score (nSPS) is 11.4. The SMILES string of the molecule is CS(=O)(=O)NC(=O)c1cc(F)c(Oc2cc(Cl)cc3cccnc23)cc1F. The molecule has 1 amide bonds. The van der Waals surface area contributed by atoms with Gasteiger partial charge in [0.15, 0.2) is 17.3 Å². The lowest BCUT2D eigenvalue weighted by atomic mass is 10.1. The molecule has 3 rings (SSSR count). The van der Waals surface area contributed by atoms with Crippen LogP contribution in [0.1, 0.15) is 10.4 Å². The molecule has 3 aromatic rings. The van der Waals surface area contributed by atoms with Crippen molar-refractivity contribution in [1.82, 2.24) is 9.71 Å². The number of nitrogens with one attached hydrogen (secondary N) is 1. The van der Waals surface area contributed by atoms with Crippen LogP contribution in [0.4, 0.5) is 8.78 Å². The minimum absolute atomic E-state index is 0.0877. The highest BCUT2D eigenvalue weighted by Gasteiger charge is 2.20. The van der Waals surface area contributed by atoms with E-state index in [1.54, 1.807) is 22.9 Å². The second kappa shape index (κ2) is 7.09. The van der Waals surface area contributed by atoms with Crippen molar-refractivity contribution in [3.05, 3.63) is 64.8 Å². The second-order valence-electron chi connectivity index (χ2n) is 5.55. The zero-order valence-electron chi connectivity index (χ0n) is 13.7. The van der Waals surface area contributed by atoms with Gasteiger partial charge in [-0.3, -0.25) is 9.78 Å². The average Bonchev–Trinajstić information content (AvgIpc) is 2.56. The van der Waals surface area contributed by atoms with Crippen LogP contribution in [0, 0.1) is 11.6 Å². The molecule has 10 heteroatoms. The van der Waals surface area contributed by atoms with Crippen molar-refractivity contribution < 1.29 is 26.7 Å². The topological polar surface area (TPSA) is 85.4 Å². The summed E-state index contributed by atoms with van der Waals surface area (Å²) in [5.74, 6) is -3.95. The van der Waals surface area contributed by atoms with Crippen LogP contribution in [0.25, 0.3) is 10.9 Å². The van der Waals surface area contributed by atoms with Gasteiger partial charge in [-0.05, 0) is 18.2 Å². The number of sulfonamides is 1. The molecular weight excluding hydrogens is 402 g/mol. The number of benzene rings is 2. The lowest BCUT2D eigenvalue weighted by Gasteiger charge is -2.11. The van der Waals surface area contributed by atoms with E-state index in [9.17, 15) is 22.0 Å². The Kier molecular flexibility index (Phi) is 4.99. The number of pyridine rings is 1. The third-order valence-electron chi connectivity index (χ3n) is 3.40. The Balaban J connectivity index is 2.00. The van der Waals surface area contributed by atoms with E-state index >= 15 is 0 Å². The Bertz CT molecular complexity index is 1170. The average molecular weight is 413 g/mol. The van der Waals surface area contributed by atoms with Crippen LogP contribution in [-0.4, -0.2) is 25.6 Å². The zero-order chi connectivity index (χ0) is 19.8. The van der Waals surface area contributed by atoms with E-state index in [1.807, 2.05) is 0 Å². The Morgan fingerprint density at radius 2 is 1.89 bits per heavy atom. The van der Waals surface area contributed by atoms with Gasteiger partial charge in [0.1, 0.15) is 11.3 Å². The molecule has 1 N–H and O–H groups in total. The monoisotopic (exact) mass is 412 g/mol. The molecule has 0 saturated carbocycles. The van der Waals surface area contributed by atoms with E-state index < -0.39 is 38.9 Å². The maximum Gasteiger partial charge on any atom is 0.267 e. The molecule has 0 radical (unpaired) electrons. The van der Waals surface area contributed by atoms with Gasteiger partial charge in [-0.25, -0.2) is 21.9 Å². The molecule has 0 spiro atoms. The number of hydrogen-bond donors (Lipinski definition) is 1. The number of carbonyl (C=O) groups excluding carboxylic acids is 1. The smallest absolute Gasteiger partial charge is 0.267 e. The van der Waals surface area contributed by atoms with Crippen LogP contribution in [0.3, 0.4) is 0 Å². The standard InChI is InChI=1S/C17H11ClF2N2O4S/c1-27(24,25)22-17(23)11-7-13(20)14(8-12(11)19)26-15-6-10(18)5-9-3-2-4-21-16(9)15/h2-8H,1H3,(H,22,23). The van der Waals surface area contributed by atoms with E-state index in [1.165, 1.54) is 12.3 Å². The van der Waals surface area contributed by atoms with Crippen LogP contribution in [0.5, 0.6) is 11.5 Å². The molecule has 1 aromatic heterocycles. The number of halogens is 3. The molecule has 0 fully saturated rings. The quantitative estimate of drug-likeness (QED) is 0.707. The van der Waals surface area contributed by atoms with E-state index in [-0.39, 0.29) is 5.75 Å². The van der Waals surface area contributed by atoms with Crippen molar-refractivity contribution in [2.45, 2.75) is 0 Å². The van der Waals surface area contributed by atoms with E-state index in [4.69, 9.17) is 16.3 Å². The lowest BCUT2D eigenvalue weighted by molar-refractivity contribution is 0.0977. The van der Waals surface area contributed by atoms with Crippen LogP contribution in [-0.2, 0) is 10.0 Å². The summed E-state index contributed by atoms with van der Waals surface area (Å²) < 4.78 is 57.7. The summed E-state index contributed by atoms with van der Waals surface area (Å²) in [6.07, 6.45) is 2.21. The molecule has 0 saturated heterocycles. The van der Waals surface area contributed by atoms with Crippen molar-refractivity contribution in [2.75, 3.05) is 6.26 Å². The Morgan fingerprint density at radius 1 is 1.15 bits per heavy atom. The molecule has 6 nitrogen and oxygen atoms in total. The fourth-order valence-corrected chi connectivity index (χ4v) is 2.99. The van der Waals surface area contributed by atoms with Gasteiger partial charge in [-0.2, -0.15) is 0 Å². The first-order chi connectivity index (χ1) is 12.6. The maximum absolute atomic E-state index is 14.3. The molecule has 0 atom stereocenters. The summed E-state index contributed by atoms with van der Waals surface area (Å²) in [5.41, 5.74) is -0.403. The Hall–Kier alpha value is -2.78. The highest BCUT2D eigenvalue weighted by atomic mass is 35.5. The summed E-state index contributed by atoms with van der Waals surface area (Å²) in [6, 6.07) is 7.60. The van der Waals surface area contributed by atoms with Gasteiger partial charge in [0.2, 0.25) is 10.0 Å². The summed E-state index contributed by atoms with van der Waals surface area (Å²) in [5, 5.41) is 0.931. The number of amides is 1. The number of rotatable bonds is 4. The fourth-order valence-electron chi connectivity index (χ4n) is 2.32. The molecule has 0 aliphatic rings. The lowest BCUT2D eigenvalue weighted by Crippen LogP contribution is -2.30. The minimum Gasteiger partial charge on any atom is -0.452 e. The van der Waals surface area contributed by atoms with Crippen molar-refractivity contribution in [3.8, 4) is 11.5 Å². The predicted octanol–water partition coefficient (Wildman–Crippen LogP) is 3.65. The molecule has 140 valence electrons. The van der Waals surface area contributed by atoms with E-state index in [2.05, 4.69) is 4.98 Å². The first-order valence-corrected chi connectivity index (χ1v) is 9.64. The van der Waals surface area contributed by atoms with Gasteiger partial charge in [0.05, 0.1) is 11.8 Å². The maximum atomic E-state index is 14.3. The molecule has 0 aliphatic carbocycles. The number of hydrogen-bond acceptors (Lipinski definition) is 5. The molecule has 0 bridgehead atoms. The Morgan fingerprint density at radius 3 is 2.59 bits per heavy atom. The predicted molar refractivity (Wildman–Crippen MR) is 95.5 cm³/mol. The van der Waals surface area contributed by atoms with Gasteiger partial charge in [-0.15, -0.1) is 0 Å². The van der Waals surface area contributed by atoms with Crippen molar-refractivity contribution in [2.24, 2.45) is 0 Å². The molecule has 0 aliphatic heterocycles.